The first-order chi connectivity index (χ1) is 4.63. The van der Waals surface area contributed by atoms with Crippen LogP contribution in [0.3, 0.4) is 0 Å². The van der Waals surface area contributed by atoms with Crippen LogP contribution < -0.4 is 0 Å². The molecule has 54 valence electrons. The smallest absolute Gasteiger partial charge is 0.161 e. The average Bonchev–Trinajstić information content (AvgIpc) is 1.88. The predicted molar refractivity (Wildman–Crippen MR) is 44.0 cm³/mol. The third-order valence-electron chi connectivity index (χ3n) is 1.02. The molecule has 0 spiro atoms. The van der Waals surface area contributed by atoms with Crippen LogP contribution in [0.1, 0.15) is 6.92 Å². The van der Waals surface area contributed by atoms with Crippen molar-refractivity contribution in [1.29, 1.82) is 0 Å². The number of allylic oxidation sites excluding steroid dienone is 4. The van der Waals surface area contributed by atoms with E-state index in [4.69, 9.17) is 11.6 Å². The summed E-state index contributed by atoms with van der Waals surface area (Å²) >= 11 is 5.60. The molecule has 0 amide bonds. The molecule has 0 bridgehead atoms. The summed E-state index contributed by atoms with van der Waals surface area (Å²) in [5.41, 5.74) is 0.414. The molecule has 0 aliphatic rings. The van der Waals surface area contributed by atoms with E-state index in [2.05, 4.69) is 13.2 Å². The van der Waals surface area contributed by atoms with Gasteiger partial charge in [-0.1, -0.05) is 36.9 Å². The van der Waals surface area contributed by atoms with E-state index < -0.39 is 0 Å². The Morgan fingerprint density at radius 1 is 1.40 bits per heavy atom. The molecule has 10 heavy (non-hydrogen) atoms. The highest BCUT2D eigenvalue weighted by Crippen LogP contribution is 2.11. The Balaban J connectivity index is 4.79. The van der Waals surface area contributed by atoms with Gasteiger partial charge in [0.05, 0.1) is 5.03 Å². The molecule has 0 heterocycles. The van der Waals surface area contributed by atoms with E-state index in [1.54, 1.807) is 0 Å². The lowest BCUT2D eigenvalue weighted by Gasteiger charge is -1.95. The van der Waals surface area contributed by atoms with Gasteiger partial charge in [0.1, 0.15) is 0 Å². The van der Waals surface area contributed by atoms with Crippen molar-refractivity contribution in [2.45, 2.75) is 6.92 Å². The molecule has 0 aliphatic heterocycles. The van der Waals surface area contributed by atoms with E-state index in [-0.39, 0.29) is 5.78 Å². The molecular formula is C8H9ClO. The van der Waals surface area contributed by atoms with Crippen molar-refractivity contribution in [1.82, 2.24) is 0 Å². The van der Waals surface area contributed by atoms with Crippen molar-refractivity contribution >= 4 is 17.4 Å². The van der Waals surface area contributed by atoms with Crippen molar-refractivity contribution in [3.63, 3.8) is 0 Å². The second-order valence-electron chi connectivity index (χ2n) is 1.73. The Kier molecular flexibility index (Phi) is 3.74. The maximum atomic E-state index is 10.7. The van der Waals surface area contributed by atoms with Crippen LogP contribution in [0.5, 0.6) is 0 Å². The highest BCUT2D eigenvalue weighted by atomic mass is 35.5. The lowest BCUT2D eigenvalue weighted by molar-refractivity contribution is -0.113. The monoisotopic (exact) mass is 156 g/mol. The van der Waals surface area contributed by atoms with Crippen LogP contribution in [0.2, 0.25) is 0 Å². The fourth-order valence-corrected chi connectivity index (χ4v) is 0.730. The number of ketones is 1. The number of hydrogen-bond acceptors (Lipinski definition) is 1. The fourth-order valence-electron chi connectivity index (χ4n) is 0.519. The number of rotatable bonds is 3. The zero-order valence-corrected chi connectivity index (χ0v) is 6.61. The lowest BCUT2D eigenvalue weighted by atomic mass is 10.2. The SMILES string of the molecule is C=C/C(Cl)=C(\C=C)C(C)=O. The first-order valence-electron chi connectivity index (χ1n) is 2.79. The Labute approximate surface area is 65.7 Å². The fraction of sp³-hybridized carbons (Fsp3) is 0.125. The molecular weight excluding hydrogens is 148 g/mol. The number of carbonyl (C=O) groups is 1. The largest absolute Gasteiger partial charge is 0.294 e. The van der Waals surface area contributed by atoms with E-state index in [1.165, 1.54) is 19.1 Å². The minimum Gasteiger partial charge on any atom is -0.294 e. The molecule has 0 radical (unpaired) electrons. The van der Waals surface area contributed by atoms with Crippen molar-refractivity contribution in [2.24, 2.45) is 0 Å². The molecule has 0 saturated carbocycles. The molecule has 0 aromatic rings. The van der Waals surface area contributed by atoms with Crippen molar-refractivity contribution < 1.29 is 4.79 Å². The standard InChI is InChI=1S/C8H9ClO/c1-4-7(6(3)10)8(9)5-2/h4-5H,1-2H2,3H3/b8-7-. The molecule has 0 rings (SSSR count). The van der Waals surface area contributed by atoms with E-state index in [0.29, 0.717) is 10.6 Å². The third-order valence-corrected chi connectivity index (χ3v) is 1.38. The molecule has 0 aromatic heterocycles. The summed E-state index contributed by atoms with van der Waals surface area (Å²) in [6.07, 6.45) is 2.84. The summed E-state index contributed by atoms with van der Waals surface area (Å²) in [4.78, 5) is 10.7. The Bertz CT molecular complexity index is 201. The minimum absolute atomic E-state index is 0.0973. The van der Waals surface area contributed by atoms with Gasteiger partial charge in [-0.25, -0.2) is 0 Å². The summed E-state index contributed by atoms with van der Waals surface area (Å²) in [7, 11) is 0. The molecule has 0 aliphatic carbocycles. The van der Waals surface area contributed by atoms with Crippen molar-refractivity contribution in [3.05, 3.63) is 35.9 Å². The van der Waals surface area contributed by atoms with Gasteiger partial charge in [-0.3, -0.25) is 4.79 Å². The summed E-state index contributed by atoms with van der Waals surface area (Å²) in [6, 6.07) is 0. The number of halogens is 1. The maximum Gasteiger partial charge on any atom is 0.161 e. The van der Waals surface area contributed by atoms with Crippen LogP contribution in [0.4, 0.5) is 0 Å². The predicted octanol–water partition coefficient (Wildman–Crippen LogP) is 2.44. The second-order valence-corrected chi connectivity index (χ2v) is 2.13. The maximum absolute atomic E-state index is 10.7. The summed E-state index contributed by atoms with van der Waals surface area (Å²) in [5, 5.41) is 0.350. The molecule has 0 saturated heterocycles. The van der Waals surface area contributed by atoms with Gasteiger partial charge in [0.15, 0.2) is 5.78 Å². The van der Waals surface area contributed by atoms with Gasteiger partial charge in [0.25, 0.3) is 0 Å². The van der Waals surface area contributed by atoms with Gasteiger partial charge in [-0.15, -0.1) is 0 Å². The highest BCUT2D eigenvalue weighted by Gasteiger charge is 2.01. The van der Waals surface area contributed by atoms with Crippen LogP contribution in [0, 0.1) is 0 Å². The molecule has 0 unspecified atom stereocenters. The van der Waals surface area contributed by atoms with Crippen LogP contribution in [-0.4, -0.2) is 5.78 Å². The summed E-state index contributed by atoms with van der Waals surface area (Å²) in [6.45, 7) is 8.30. The van der Waals surface area contributed by atoms with E-state index in [1.807, 2.05) is 0 Å². The second kappa shape index (κ2) is 4.07. The van der Waals surface area contributed by atoms with Gasteiger partial charge in [-0.2, -0.15) is 0 Å². The zero-order chi connectivity index (χ0) is 8.15. The van der Waals surface area contributed by atoms with Crippen LogP contribution in [-0.2, 0) is 4.79 Å². The lowest BCUT2D eigenvalue weighted by Crippen LogP contribution is -1.93. The first kappa shape index (κ1) is 9.18. The molecule has 0 N–H and O–H groups in total. The minimum atomic E-state index is -0.0973. The Morgan fingerprint density at radius 2 is 1.90 bits per heavy atom. The van der Waals surface area contributed by atoms with Gasteiger partial charge in [0, 0.05) is 5.57 Å². The van der Waals surface area contributed by atoms with Crippen molar-refractivity contribution in [2.75, 3.05) is 0 Å². The van der Waals surface area contributed by atoms with Crippen LogP contribution in [0.25, 0.3) is 0 Å². The van der Waals surface area contributed by atoms with E-state index >= 15 is 0 Å². The quantitative estimate of drug-likeness (QED) is 0.453. The normalized spacial score (nSPS) is 11.8. The van der Waals surface area contributed by atoms with E-state index in [9.17, 15) is 4.79 Å². The third kappa shape index (κ3) is 2.19. The van der Waals surface area contributed by atoms with Gasteiger partial charge >= 0.3 is 0 Å². The molecule has 2 heteroatoms. The van der Waals surface area contributed by atoms with Gasteiger partial charge in [0.2, 0.25) is 0 Å². The van der Waals surface area contributed by atoms with Gasteiger partial charge < -0.3 is 0 Å². The molecule has 0 fully saturated rings. The first-order valence-corrected chi connectivity index (χ1v) is 3.16. The molecule has 0 atom stereocenters. The summed E-state index contributed by atoms with van der Waals surface area (Å²) in [5.74, 6) is -0.0973. The number of carbonyl (C=O) groups excluding carboxylic acids is 1. The molecule has 1 nitrogen and oxygen atoms in total. The van der Waals surface area contributed by atoms with E-state index in [0.717, 1.165) is 0 Å². The highest BCUT2D eigenvalue weighted by molar-refractivity contribution is 6.33. The van der Waals surface area contributed by atoms with Crippen LogP contribution >= 0.6 is 11.6 Å². The van der Waals surface area contributed by atoms with Crippen LogP contribution in [0.15, 0.2) is 35.9 Å². The number of hydrogen-bond donors (Lipinski definition) is 0. The molecule has 0 aromatic carbocycles. The summed E-state index contributed by atoms with van der Waals surface area (Å²) < 4.78 is 0. The van der Waals surface area contributed by atoms with Crippen molar-refractivity contribution in [3.8, 4) is 0 Å². The Morgan fingerprint density at radius 3 is 2.00 bits per heavy atom. The average molecular weight is 157 g/mol. The van der Waals surface area contributed by atoms with Gasteiger partial charge in [-0.05, 0) is 6.92 Å². The zero-order valence-electron chi connectivity index (χ0n) is 5.86. The topological polar surface area (TPSA) is 17.1 Å². The number of Topliss-reactive ketones (excluding diaryl/α,β-unsaturated/α-hetero) is 1. The Hall–Kier alpha value is -0.820.